The van der Waals surface area contributed by atoms with Crippen molar-refractivity contribution in [2.24, 2.45) is 4.99 Å². The van der Waals surface area contributed by atoms with Crippen LogP contribution < -0.4 is 5.32 Å². The maximum absolute atomic E-state index is 12.8. The van der Waals surface area contributed by atoms with Gasteiger partial charge in [-0.05, 0) is 36.5 Å². The Morgan fingerprint density at radius 2 is 1.92 bits per heavy atom. The Morgan fingerprint density at radius 1 is 1.27 bits per heavy atom. The highest BCUT2D eigenvalue weighted by Gasteiger charge is 2.42. The molecule has 1 atom stereocenters. The van der Waals surface area contributed by atoms with E-state index in [1.165, 1.54) is 17.3 Å². The number of amidine groups is 1. The van der Waals surface area contributed by atoms with Gasteiger partial charge in [0.25, 0.3) is 0 Å². The van der Waals surface area contributed by atoms with Gasteiger partial charge in [0.2, 0.25) is 11.8 Å². The SMILES string of the molecule is CN=C1SC(CC(=O)Nc2ccc(C(C)C)cc2)C(=O)N1C1CCCC1. The van der Waals surface area contributed by atoms with Gasteiger partial charge in [0.05, 0.1) is 0 Å². The van der Waals surface area contributed by atoms with E-state index in [0.717, 1.165) is 36.5 Å². The number of rotatable bonds is 5. The molecule has 0 aromatic heterocycles. The van der Waals surface area contributed by atoms with Crippen LogP contribution in [-0.2, 0) is 9.59 Å². The fourth-order valence-electron chi connectivity index (χ4n) is 3.60. The van der Waals surface area contributed by atoms with Crippen molar-refractivity contribution in [2.75, 3.05) is 12.4 Å². The Morgan fingerprint density at radius 3 is 2.50 bits per heavy atom. The van der Waals surface area contributed by atoms with Crippen molar-refractivity contribution < 1.29 is 9.59 Å². The Hall–Kier alpha value is -1.82. The van der Waals surface area contributed by atoms with Crippen LogP contribution in [0.5, 0.6) is 0 Å². The summed E-state index contributed by atoms with van der Waals surface area (Å²) in [6.45, 7) is 4.28. The van der Waals surface area contributed by atoms with Gasteiger partial charge in [-0.15, -0.1) is 0 Å². The topological polar surface area (TPSA) is 61.8 Å². The molecule has 0 spiro atoms. The number of hydrogen-bond donors (Lipinski definition) is 1. The van der Waals surface area contributed by atoms with Crippen molar-refractivity contribution in [1.82, 2.24) is 4.90 Å². The van der Waals surface area contributed by atoms with Crippen molar-refractivity contribution in [3.05, 3.63) is 29.8 Å². The van der Waals surface area contributed by atoms with Crippen molar-refractivity contribution >= 4 is 34.4 Å². The molecule has 26 heavy (non-hydrogen) atoms. The zero-order valence-electron chi connectivity index (χ0n) is 15.7. The van der Waals surface area contributed by atoms with Crippen LogP contribution in [0.1, 0.15) is 57.4 Å². The molecule has 140 valence electrons. The molecular formula is C20H27N3O2S. The molecule has 2 aliphatic rings. The molecule has 0 bridgehead atoms. The summed E-state index contributed by atoms with van der Waals surface area (Å²) in [6.07, 6.45) is 4.57. The molecule has 2 amide bonds. The van der Waals surface area contributed by atoms with E-state index in [-0.39, 0.29) is 29.5 Å². The first kappa shape index (κ1) is 19.0. The highest BCUT2D eigenvalue weighted by Crippen LogP contribution is 2.35. The van der Waals surface area contributed by atoms with Gasteiger partial charge in [0, 0.05) is 25.2 Å². The maximum Gasteiger partial charge on any atom is 0.242 e. The van der Waals surface area contributed by atoms with Crippen LogP contribution in [-0.4, -0.2) is 40.2 Å². The number of nitrogens with one attached hydrogen (secondary N) is 1. The number of hydrogen-bond acceptors (Lipinski definition) is 4. The predicted molar refractivity (Wildman–Crippen MR) is 108 cm³/mol. The lowest BCUT2D eigenvalue weighted by atomic mass is 10.0. The van der Waals surface area contributed by atoms with E-state index < -0.39 is 0 Å². The first-order chi connectivity index (χ1) is 12.5. The van der Waals surface area contributed by atoms with Crippen LogP contribution in [0.2, 0.25) is 0 Å². The van der Waals surface area contributed by atoms with Crippen LogP contribution >= 0.6 is 11.8 Å². The zero-order valence-corrected chi connectivity index (χ0v) is 16.5. The third-order valence-corrected chi connectivity index (χ3v) is 6.32. The lowest BCUT2D eigenvalue weighted by Crippen LogP contribution is -2.40. The molecule has 1 saturated heterocycles. The molecule has 1 aliphatic carbocycles. The minimum absolute atomic E-state index is 0.0350. The van der Waals surface area contributed by atoms with Crippen molar-refractivity contribution in [3.8, 4) is 0 Å². The van der Waals surface area contributed by atoms with Gasteiger partial charge in [0.15, 0.2) is 5.17 Å². The summed E-state index contributed by atoms with van der Waals surface area (Å²) < 4.78 is 0. The zero-order chi connectivity index (χ0) is 18.7. The number of thioether (sulfide) groups is 1. The molecule has 6 heteroatoms. The van der Waals surface area contributed by atoms with Gasteiger partial charge in [-0.3, -0.25) is 19.5 Å². The van der Waals surface area contributed by atoms with E-state index in [1.54, 1.807) is 7.05 Å². The summed E-state index contributed by atoms with van der Waals surface area (Å²) in [5.74, 6) is 0.366. The lowest BCUT2D eigenvalue weighted by Gasteiger charge is -2.23. The van der Waals surface area contributed by atoms with Crippen LogP contribution in [0.15, 0.2) is 29.3 Å². The van der Waals surface area contributed by atoms with E-state index >= 15 is 0 Å². The first-order valence-corrected chi connectivity index (χ1v) is 10.2. The number of carbonyl (C=O) groups excluding carboxylic acids is 2. The molecule has 1 N–H and O–H groups in total. The van der Waals surface area contributed by atoms with E-state index in [4.69, 9.17) is 0 Å². The van der Waals surface area contributed by atoms with Crippen molar-refractivity contribution in [1.29, 1.82) is 0 Å². The number of carbonyl (C=O) groups is 2. The lowest BCUT2D eigenvalue weighted by molar-refractivity contribution is -0.129. The van der Waals surface area contributed by atoms with Gasteiger partial charge in [-0.25, -0.2) is 0 Å². The molecule has 1 unspecified atom stereocenters. The second-order valence-corrected chi connectivity index (χ2v) is 8.46. The highest BCUT2D eigenvalue weighted by atomic mass is 32.2. The van der Waals surface area contributed by atoms with Gasteiger partial charge in [0.1, 0.15) is 5.25 Å². The fraction of sp³-hybridized carbons (Fsp3) is 0.550. The average molecular weight is 374 g/mol. The van der Waals surface area contributed by atoms with Crippen LogP contribution in [0, 0.1) is 0 Å². The Labute approximate surface area is 159 Å². The van der Waals surface area contributed by atoms with Gasteiger partial charge >= 0.3 is 0 Å². The summed E-state index contributed by atoms with van der Waals surface area (Å²) in [5.41, 5.74) is 2.01. The Bertz CT molecular complexity index is 694. The van der Waals surface area contributed by atoms with Gasteiger partial charge < -0.3 is 5.32 Å². The standard InChI is InChI=1S/C20H27N3O2S/c1-13(2)14-8-10-15(11-9-14)22-18(24)12-17-19(25)23(20(21-3)26-17)16-6-4-5-7-16/h8-11,13,16-17H,4-7,12H2,1-3H3,(H,22,24). The molecular weight excluding hydrogens is 346 g/mol. The number of amides is 2. The van der Waals surface area contributed by atoms with E-state index in [0.29, 0.717) is 5.92 Å². The Balaban J connectivity index is 1.61. The molecule has 1 aromatic rings. The quantitative estimate of drug-likeness (QED) is 0.848. The molecule has 3 rings (SSSR count). The summed E-state index contributed by atoms with van der Waals surface area (Å²) >= 11 is 1.42. The second-order valence-electron chi connectivity index (χ2n) is 7.29. The fourth-order valence-corrected chi connectivity index (χ4v) is 4.77. The normalized spacial score (nSPS) is 22.6. The predicted octanol–water partition coefficient (Wildman–Crippen LogP) is 4.01. The van der Waals surface area contributed by atoms with E-state index in [9.17, 15) is 9.59 Å². The smallest absolute Gasteiger partial charge is 0.242 e. The molecule has 1 aromatic carbocycles. The molecule has 1 aliphatic heterocycles. The molecule has 2 fully saturated rings. The monoisotopic (exact) mass is 373 g/mol. The number of anilines is 1. The Kier molecular flexibility index (Phi) is 6.01. The molecule has 1 saturated carbocycles. The minimum Gasteiger partial charge on any atom is -0.326 e. The van der Waals surface area contributed by atoms with Crippen molar-refractivity contribution in [2.45, 2.75) is 63.2 Å². The molecule has 0 radical (unpaired) electrons. The molecule has 5 nitrogen and oxygen atoms in total. The minimum atomic E-state index is -0.371. The highest BCUT2D eigenvalue weighted by molar-refractivity contribution is 8.15. The average Bonchev–Trinajstić information content (AvgIpc) is 3.23. The third-order valence-electron chi connectivity index (χ3n) is 5.08. The van der Waals surface area contributed by atoms with Crippen molar-refractivity contribution in [3.63, 3.8) is 0 Å². The first-order valence-electron chi connectivity index (χ1n) is 9.36. The van der Waals surface area contributed by atoms with Crippen LogP contribution in [0.25, 0.3) is 0 Å². The van der Waals surface area contributed by atoms with E-state index in [2.05, 4.69) is 24.2 Å². The third kappa shape index (κ3) is 4.11. The van der Waals surface area contributed by atoms with Crippen LogP contribution in [0.3, 0.4) is 0 Å². The number of benzene rings is 1. The van der Waals surface area contributed by atoms with E-state index in [1.807, 2.05) is 29.2 Å². The second kappa shape index (κ2) is 8.25. The number of nitrogens with zero attached hydrogens (tertiary/aromatic N) is 2. The largest absolute Gasteiger partial charge is 0.326 e. The summed E-state index contributed by atoms with van der Waals surface area (Å²) in [4.78, 5) is 31.4. The van der Waals surface area contributed by atoms with Gasteiger partial charge in [-0.2, -0.15) is 0 Å². The van der Waals surface area contributed by atoms with Crippen LogP contribution in [0.4, 0.5) is 5.69 Å². The summed E-state index contributed by atoms with van der Waals surface area (Å²) in [5, 5.41) is 3.30. The maximum atomic E-state index is 12.8. The molecule has 1 heterocycles. The van der Waals surface area contributed by atoms with Gasteiger partial charge in [-0.1, -0.05) is 50.6 Å². The summed E-state index contributed by atoms with van der Waals surface area (Å²) in [7, 11) is 1.72. The number of aliphatic imine (C=N–C) groups is 1. The summed E-state index contributed by atoms with van der Waals surface area (Å²) in [6, 6.07) is 8.14.